The minimum absolute atomic E-state index is 0.183. The molecule has 1 aliphatic rings. The minimum atomic E-state index is -0.183. The molecule has 3 rings (SSSR count). The first-order chi connectivity index (χ1) is 12.2. The predicted octanol–water partition coefficient (Wildman–Crippen LogP) is 3.39. The van der Waals surface area contributed by atoms with Crippen molar-refractivity contribution in [1.82, 2.24) is 4.90 Å². The average Bonchev–Trinajstić information content (AvgIpc) is 2.63. The first kappa shape index (κ1) is 17.4. The zero-order valence-electron chi connectivity index (χ0n) is 14.7. The Bertz CT molecular complexity index is 779. The van der Waals surface area contributed by atoms with Crippen LogP contribution in [0, 0.1) is 0 Å². The molecule has 0 aliphatic carbocycles. The molecular weight excluding hydrogens is 314 g/mol. The summed E-state index contributed by atoms with van der Waals surface area (Å²) in [6.07, 6.45) is 3.73. The van der Waals surface area contributed by atoms with Crippen LogP contribution in [0.5, 0.6) is 0 Å². The number of anilines is 1. The topological polar surface area (TPSA) is 75.4 Å². The Hall–Kier alpha value is -2.40. The molecule has 0 radical (unpaired) electrons. The van der Waals surface area contributed by atoms with Crippen molar-refractivity contribution in [1.29, 1.82) is 0 Å². The van der Waals surface area contributed by atoms with Gasteiger partial charge in [-0.25, -0.2) is 0 Å². The van der Waals surface area contributed by atoms with Gasteiger partial charge in [-0.3, -0.25) is 14.5 Å². The van der Waals surface area contributed by atoms with Crippen LogP contribution in [0.3, 0.4) is 0 Å². The van der Waals surface area contributed by atoms with Crippen LogP contribution in [-0.2, 0) is 0 Å². The van der Waals surface area contributed by atoms with Crippen LogP contribution >= 0.6 is 0 Å². The second kappa shape index (κ2) is 7.66. The van der Waals surface area contributed by atoms with E-state index < -0.39 is 0 Å². The number of rotatable bonds is 8. The lowest BCUT2D eigenvalue weighted by molar-refractivity contribution is 0.0608. The highest BCUT2D eigenvalue weighted by molar-refractivity contribution is 6.26. The zero-order chi connectivity index (χ0) is 17.8. The average molecular weight is 339 g/mol. The maximum Gasteiger partial charge on any atom is 0.261 e. The highest BCUT2D eigenvalue weighted by Crippen LogP contribution is 2.34. The molecule has 0 unspecified atom stereocenters. The summed E-state index contributed by atoms with van der Waals surface area (Å²) < 4.78 is 0. The number of carbonyl (C=O) groups is 2. The van der Waals surface area contributed by atoms with Crippen LogP contribution < -0.4 is 11.1 Å². The number of nitrogens with two attached hydrogens (primary N) is 1. The van der Waals surface area contributed by atoms with Gasteiger partial charge in [0.15, 0.2) is 0 Å². The standard InChI is InChI=1S/C20H25N3O2/c1-2-3-13-23-19(24)15-8-6-7-14-17(22-12-5-4-11-21)10-9-16(18(14)15)20(23)25/h6-10,22H,2-5,11-13,21H2,1H3. The molecule has 1 heterocycles. The van der Waals surface area contributed by atoms with Crippen molar-refractivity contribution in [3.05, 3.63) is 41.5 Å². The first-order valence-corrected chi connectivity index (χ1v) is 9.05. The number of carbonyl (C=O) groups excluding carboxylic acids is 2. The van der Waals surface area contributed by atoms with E-state index in [1.807, 2.05) is 30.3 Å². The normalized spacial score (nSPS) is 13.6. The lowest BCUT2D eigenvalue weighted by Gasteiger charge is -2.27. The van der Waals surface area contributed by atoms with E-state index in [1.165, 1.54) is 4.90 Å². The van der Waals surface area contributed by atoms with Crippen molar-refractivity contribution in [2.24, 2.45) is 5.73 Å². The smallest absolute Gasteiger partial charge is 0.261 e. The number of unbranched alkanes of at least 4 members (excludes halogenated alkanes) is 2. The molecule has 0 atom stereocenters. The number of nitrogens with zero attached hydrogens (tertiary/aromatic N) is 1. The van der Waals surface area contributed by atoms with Crippen LogP contribution in [0.2, 0.25) is 0 Å². The van der Waals surface area contributed by atoms with Crippen LogP contribution in [0.25, 0.3) is 10.8 Å². The lowest BCUT2D eigenvalue weighted by atomic mass is 9.93. The van der Waals surface area contributed by atoms with Gasteiger partial charge in [0.1, 0.15) is 0 Å². The van der Waals surface area contributed by atoms with Crippen molar-refractivity contribution in [2.75, 3.05) is 25.0 Å². The highest BCUT2D eigenvalue weighted by atomic mass is 16.2. The van der Waals surface area contributed by atoms with Gasteiger partial charge in [0, 0.05) is 40.7 Å². The number of benzene rings is 2. The Morgan fingerprint density at radius 3 is 2.48 bits per heavy atom. The SMILES string of the molecule is CCCCN1C(=O)c2cccc3c(NCCCCN)ccc(c23)C1=O. The third kappa shape index (κ3) is 3.24. The second-order valence-electron chi connectivity index (χ2n) is 6.43. The van der Waals surface area contributed by atoms with Crippen molar-refractivity contribution < 1.29 is 9.59 Å². The molecule has 5 nitrogen and oxygen atoms in total. The molecule has 0 saturated carbocycles. The first-order valence-electron chi connectivity index (χ1n) is 9.05. The van der Waals surface area contributed by atoms with E-state index in [0.29, 0.717) is 24.2 Å². The largest absolute Gasteiger partial charge is 0.385 e. The number of imide groups is 1. The van der Waals surface area contributed by atoms with Crippen LogP contribution in [0.1, 0.15) is 53.3 Å². The van der Waals surface area contributed by atoms with Gasteiger partial charge in [-0.2, -0.15) is 0 Å². The molecular formula is C20H25N3O2. The van der Waals surface area contributed by atoms with E-state index >= 15 is 0 Å². The van der Waals surface area contributed by atoms with Gasteiger partial charge >= 0.3 is 0 Å². The van der Waals surface area contributed by atoms with E-state index in [-0.39, 0.29) is 11.8 Å². The summed E-state index contributed by atoms with van der Waals surface area (Å²) in [6.45, 7) is 4.03. The fourth-order valence-corrected chi connectivity index (χ4v) is 3.31. The van der Waals surface area contributed by atoms with Crippen molar-refractivity contribution in [3.8, 4) is 0 Å². The molecule has 1 aliphatic heterocycles. The van der Waals surface area contributed by atoms with E-state index in [4.69, 9.17) is 5.73 Å². The maximum absolute atomic E-state index is 12.8. The predicted molar refractivity (Wildman–Crippen MR) is 101 cm³/mol. The summed E-state index contributed by atoms with van der Waals surface area (Å²) >= 11 is 0. The Labute approximate surface area is 148 Å². The van der Waals surface area contributed by atoms with E-state index in [0.717, 1.165) is 48.7 Å². The molecule has 0 saturated heterocycles. The Kier molecular flexibility index (Phi) is 5.34. The molecule has 5 heteroatoms. The molecule has 0 fully saturated rings. The molecule has 0 aromatic heterocycles. The zero-order valence-corrected chi connectivity index (χ0v) is 14.7. The summed E-state index contributed by atoms with van der Waals surface area (Å²) in [5.41, 5.74) is 7.73. The summed E-state index contributed by atoms with van der Waals surface area (Å²) in [5, 5.41) is 5.11. The monoisotopic (exact) mass is 339 g/mol. The van der Waals surface area contributed by atoms with Crippen LogP contribution in [-0.4, -0.2) is 36.3 Å². The van der Waals surface area contributed by atoms with Crippen molar-refractivity contribution in [2.45, 2.75) is 32.6 Å². The molecule has 2 aromatic rings. The number of hydrogen-bond donors (Lipinski definition) is 2. The lowest BCUT2D eigenvalue weighted by Crippen LogP contribution is -2.40. The van der Waals surface area contributed by atoms with Crippen molar-refractivity contribution in [3.63, 3.8) is 0 Å². The van der Waals surface area contributed by atoms with E-state index in [9.17, 15) is 9.59 Å². The number of nitrogens with one attached hydrogen (secondary N) is 1. The van der Waals surface area contributed by atoms with Gasteiger partial charge in [0.05, 0.1) is 0 Å². The second-order valence-corrected chi connectivity index (χ2v) is 6.43. The Morgan fingerprint density at radius 2 is 1.76 bits per heavy atom. The molecule has 132 valence electrons. The van der Waals surface area contributed by atoms with Gasteiger partial charge in [-0.15, -0.1) is 0 Å². The maximum atomic E-state index is 12.8. The fourth-order valence-electron chi connectivity index (χ4n) is 3.31. The molecule has 25 heavy (non-hydrogen) atoms. The Balaban J connectivity index is 1.99. The number of hydrogen-bond acceptors (Lipinski definition) is 4. The molecule has 3 N–H and O–H groups in total. The quantitative estimate of drug-likeness (QED) is 0.571. The molecule has 0 bridgehead atoms. The summed E-state index contributed by atoms with van der Waals surface area (Å²) in [6, 6.07) is 9.45. The molecule has 2 aromatic carbocycles. The van der Waals surface area contributed by atoms with Crippen LogP contribution in [0.4, 0.5) is 5.69 Å². The molecule has 2 amide bonds. The summed E-state index contributed by atoms with van der Waals surface area (Å²) in [5.74, 6) is -0.367. The van der Waals surface area contributed by atoms with E-state index in [1.54, 1.807) is 0 Å². The summed E-state index contributed by atoms with van der Waals surface area (Å²) in [7, 11) is 0. The van der Waals surface area contributed by atoms with E-state index in [2.05, 4.69) is 12.2 Å². The highest BCUT2D eigenvalue weighted by Gasteiger charge is 2.32. The number of amides is 2. The van der Waals surface area contributed by atoms with Crippen LogP contribution in [0.15, 0.2) is 30.3 Å². The van der Waals surface area contributed by atoms with Crippen molar-refractivity contribution >= 4 is 28.3 Å². The van der Waals surface area contributed by atoms with Gasteiger partial charge < -0.3 is 11.1 Å². The molecule has 0 spiro atoms. The third-order valence-electron chi connectivity index (χ3n) is 4.67. The van der Waals surface area contributed by atoms with Gasteiger partial charge in [0.2, 0.25) is 0 Å². The van der Waals surface area contributed by atoms with Gasteiger partial charge in [-0.1, -0.05) is 25.5 Å². The third-order valence-corrected chi connectivity index (χ3v) is 4.67. The van der Waals surface area contributed by atoms with Gasteiger partial charge in [-0.05, 0) is 44.0 Å². The summed E-state index contributed by atoms with van der Waals surface area (Å²) in [4.78, 5) is 27.0. The Morgan fingerprint density at radius 1 is 1.00 bits per heavy atom. The fraction of sp³-hybridized carbons (Fsp3) is 0.400. The van der Waals surface area contributed by atoms with Gasteiger partial charge in [0.25, 0.3) is 11.8 Å². The minimum Gasteiger partial charge on any atom is -0.385 e.